The number of rotatable bonds is 10. The standard InChI is InChI=1S/C23H32N4O2/c1-2-29-21-6-4-3-5-20(21)23(22(24)28,17-19-9-14-26-15-10-19)27-16-11-18-7-12-25-13-8-18/h3-6,9-10,14-15,18,25,27H,2,7-8,11-13,16-17H2,1H3,(H2,24,28). The molecule has 1 saturated heterocycles. The molecule has 0 spiro atoms. The maximum atomic E-state index is 12.9. The molecule has 156 valence electrons. The van der Waals surface area contributed by atoms with Crippen molar-refractivity contribution in [3.63, 3.8) is 0 Å². The number of hydrogen-bond donors (Lipinski definition) is 3. The summed E-state index contributed by atoms with van der Waals surface area (Å²) in [7, 11) is 0. The number of benzene rings is 1. The zero-order chi connectivity index (χ0) is 20.5. The van der Waals surface area contributed by atoms with Crippen molar-refractivity contribution in [3.8, 4) is 5.75 Å². The first-order valence-corrected chi connectivity index (χ1v) is 10.5. The summed E-state index contributed by atoms with van der Waals surface area (Å²) in [4.78, 5) is 17.0. The number of primary amides is 1. The van der Waals surface area contributed by atoms with Gasteiger partial charge in [0.25, 0.3) is 0 Å². The van der Waals surface area contributed by atoms with Gasteiger partial charge in [0.15, 0.2) is 0 Å². The van der Waals surface area contributed by atoms with Crippen LogP contribution >= 0.6 is 0 Å². The van der Waals surface area contributed by atoms with Gasteiger partial charge >= 0.3 is 0 Å². The number of nitrogens with two attached hydrogens (primary N) is 1. The molecule has 1 aromatic carbocycles. The Morgan fingerprint density at radius 2 is 1.97 bits per heavy atom. The first-order chi connectivity index (χ1) is 14.2. The van der Waals surface area contributed by atoms with Gasteiger partial charge in [-0.15, -0.1) is 0 Å². The third-order valence-electron chi connectivity index (χ3n) is 5.72. The number of nitrogens with zero attached hydrogens (tertiary/aromatic N) is 1. The number of ether oxygens (including phenoxy) is 1. The Kier molecular flexibility index (Phi) is 7.61. The van der Waals surface area contributed by atoms with E-state index in [1.54, 1.807) is 12.4 Å². The second kappa shape index (κ2) is 10.4. The summed E-state index contributed by atoms with van der Waals surface area (Å²) in [6.45, 7) is 5.32. The van der Waals surface area contributed by atoms with E-state index in [1.165, 1.54) is 12.8 Å². The molecule has 1 aromatic heterocycles. The highest BCUT2D eigenvalue weighted by atomic mass is 16.5. The monoisotopic (exact) mass is 396 g/mol. The van der Waals surface area contributed by atoms with Crippen molar-refractivity contribution in [2.75, 3.05) is 26.2 Å². The van der Waals surface area contributed by atoms with Gasteiger partial charge in [-0.2, -0.15) is 0 Å². The van der Waals surface area contributed by atoms with Crippen molar-refractivity contribution in [2.45, 2.75) is 38.1 Å². The summed E-state index contributed by atoms with van der Waals surface area (Å²) in [5.74, 6) is 0.960. The lowest BCUT2D eigenvalue weighted by atomic mass is 9.82. The van der Waals surface area contributed by atoms with Crippen molar-refractivity contribution >= 4 is 5.91 Å². The Hall–Kier alpha value is -2.44. The molecule has 1 unspecified atom stereocenters. The van der Waals surface area contributed by atoms with Crippen LogP contribution in [0.15, 0.2) is 48.8 Å². The van der Waals surface area contributed by atoms with Gasteiger partial charge in [0, 0.05) is 24.4 Å². The summed E-state index contributed by atoms with van der Waals surface area (Å²) in [6.07, 6.45) is 7.29. The van der Waals surface area contributed by atoms with Crippen LogP contribution in [0, 0.1) is 5.92 Å². The molecule has 0 saturated carbocycles. The van der Waals surface area contributed by atoms with E-state index >= 15 is 0 Å². The van der Waals surface area contributed by atoms with E-state index in [-0.39, 0.29) is 0 Å². The van der Waals surface area contributed by atoms with Crippen LogP contribution < -0.4 is 21.1 Å². The van der Waals surface area contributed by atoms with Crippen molar-refractivity contribution in [1.29, 1.82) is 0 Å². The first kappa shape index (κ1) is 21.3. The van der Waals surface area contributed by atoms with Gasteiger partial charge in [0.1, 0.15) is 11.3 Å². The maximum absolute atomic E-state index is 12.9. The van der Waals surface area contributed by atoms with Crippen LogP contribution in [-0.2, 0) is 16.8 Å². The van der Waals surface area contributed by atoms with E-state index in [0.717, 1.165) is 37.2 Å². The SMILES string of the molecule is CCOc1ccccc1C(Cc1ccncc1)(NCCC1CCNCC1)C(N)=O. The smallest absolute Gasteiger partial charge is 0.242 e. The Balaban J connectivity index is 1.91. The minimum atomic E-state index is -1.04. The van der Waals surface area contributed by atoms with Crippen molar-refractivity contribution in [2.24, 2.45) is 11.7 Å². The van der Waals surface area contributed by atoms with Crippen LogP contribution in [0.2, 0.25) is 0 Å². The molecule has 2 heterocycles. The Morgan fingerprint density at radius 1 is 1.24 bits per heavy atom. The second-order valence-electron chi connectivity index (χ2n) is 7.64. The summed E-state index contributed by atoms with van der Waals surface area (Å²) < 4.78 is 5.86. The summed E-state index contributed by atoms with van der Waals surface area (Å²) in [5.41, 5.74) is 6.80. The third-order valence-corrected chi connectivity index (χ3v) is 5.72. The van der Waals surface area contributed by atoms with Crippen LogP contribution in [-0.4, -0.2) is 37.1 Å². The average Bonchev–Trinajstić information content (AvgIpc) is 2.75. The van der Waals surface area contributed by atoms with Gasteiger partial charge in [0.2, 0.25) is 5.91 Å². The number of piperidine rings is 1. The number of amides is 1. The van der Waals surface area contributed by atoms with Gasteiger partial charge in [0.05, 0.1) is 6.61 Å². The normalized spacial score (nSPS) is 16.9. The second-order valence-corrected chi connectivity index (χ2v) is 7.64. The number of carbonyl (C=O) groups is 1. The van der Waals surface area contributed by atoms with Crippen LogP contribution in [0.3, 0.4) is 0 Å². The van der Waals surface area contributed by atoms with E-state index in [1.807, 2.05) is 43.3 Å². The highest BCUT2D eigenvalue weighted by Crippen LogP contribution is 2.33. The molecule has 6 heteroatoms. The van der Waals surface area contributed by atoms with Gasteiger partial charge in [-0.25, -0.2) is 0 Å². The number of nitrogens with one attached hydrogen (secondary N) is 2. The molecule has 1 fully saturated rings. The van der Waals surface area contributed by atoms with Gasteiger partial charge < -0.3 is 15.8 Å². The van der Waals surface area contributed by atoms with Crippen LogP contribution in [0.5, 0.6) is 5.75 Å². The number of pyridine rings is 1. The minimum absolute atomic E-state index is 0.397. The van der Waals surface area contributed by atoms with Crippen LogP contribution in [0.4, 0.5) is 0 Å². The Morgan fingerprint density at radius 3 is 2.66 bits per heavy atom. The molecule has 2 aromatic rings. The number of aromatic nitrogens is 1. The zero-order valence-corrected chi connectivity index (χ0v) is 17.2. The van der Waals surface area contributed by atoms with E-state index in [0.29, 0.717) is 24.7 Å². The highest BCUT2D eigenvalue weighted by Gasteiger charge is 2.40. The molecule has 4 N–H and O–H groups in total. The van der Waals surface area contributed by atoms with Gasteiger partial charge in [-0.05, 0) is 75.5 Å². The highest BCUT2D eigenvalue weighted by molar-refractivity contribution is 5.87. The van der Waals surface area contributed by atoms with Crippen LogP contribution in [0.1, 0.15) is 37.3 Å². The molecular weight excluding hydrogens is 364 g/mol. The lowest BCUT2D eigenvalue weighted by Crippen LogP contribution is -2.55. The van der Waals surface area contributed by atoms with E-state index in [9.17, 15) is 4.79 Å². The van der Waals surface area contributed by atoms with E-state index in [2.05, 4.69) is 15.6 Å². The molecule has 1 amide bonds. The molecule has 3 rings (SSSR count). The lowest BCUT2D eigenvalue weighted by Gasteiger charge is -2.35. The Bertz CT molecular complexity index is 777. The van der Waals surface area contributed by atoms with Crippen LogP contribution in [0.25, 0.3) is 0 Å². The average molecular weight is 397 g/mol. The van der Waals surface area contributed by atoms with Crippen molar-refractivity contribution in [1.82, 2.24) is 15.6 Å². The van der Waals surface area contributed by atoms with Gasteiger partial charge in [-0.1, -0.05) is 18.2 Å². The zero-order valence-electron chi connectivity index (χ0n) is 17.2. The summed E-state index contributed by atoms with van der Waals surface area (Å²) in [5, 5.41) is 6.95. The topological polar surface area (TPSA) is 89.3 Å². The van der Waals surface area contributed by atoms with E-state index in [4.69, 9.17) is 10.5 Å². The fourth-order valence-electron chi connectivity index (χ4n) is 4.13. The minimum Gasteiger partial charge on any atom is -0.494 e. The molecule has 29 heavy (non-hydrogen) atoms. The van der Waals surface area contributed by atoms with Gasteiger partial charge in [-0.3, -0.25) is 15.1 Å². The maximum Gasteiger partial charge on any atom is 0.242 e. The predicted octanol–water partition coefficient (Wildman–Crippen LogP) is 2.38. The summed E-state index contributed by atoms with van der Waals surface area (Å²) >= 11 is 0. The molecule has 1 atom stereocenters. The fourth-order valence-corrected chi connectivity index (χ4v) is 4.13. The number of hydrogen-bond acceptors (Lipinski definition) is 5. The van der Waals surface area contributed by atoms with Crippen molar-refractivity contribution in [3.05, 3.63) is 59.9 Å². The number of para-hydroxylation sites is 1. The largest absolute Gasteiger partial charge is 0.494 e. The lowest BCUT2D eigenvalue weighted by molar-refractivity contribution is -0.125. The summed E-state index contributed by atoms with van der Waals surface area (Å²) in [6, 6.07) is 11.5. The third kappa shape index (κ3) is 5.34. The molecule has 6 nitrogen and oxygen atoms in total. The molecular formula is C23H32N4O2. The predicted molar refractivity (Wildman–Crippen MR) is 115 cm³/mol. The number of carbonyl (C=O) groups excluding carboxylic acids is 1. The molecule has 1 aliphatic heterocycles. The first-order valence-electron chi connectivity index (χ1n) is 10.5. The van der Waals surface area contributed by atoms with Crippen molar-refractivity contribution < 1.29 is 9.53 Å². The van der Waals surface area contributed by atoms with E-state index < -0.39 is 11.4 Å². The molecule has 0 aliphatic carbocycles. The quantitative estimate of drug-likeness (QED) is 0.574. The fraction of sp³-hybridized carbons (Fsp3) is 0.478. The molecule has 0 radical (unpaired) electrons. The molecule has 0 bridgehead atoms. The molecule has 1 aliphatic rings. The Labute approximate surface area is 173 Å².